The predicted octanol–water partition coefficient (Wildman–Crippen LogP) is 1.30. The molecule has 1 aliphatic heterocycles. The Kier molecular flexibility index (Phi) is 5.17. The van der Waals surface area contributed by atoms with Gasteiger partial charge in [-0.05, 0) is 18.6 Å². The zero-order valence-corrected chi connectivity index (χ0v) is 12.1. The number of amides is 1. The second-order valence-corrected chi connectivity index (χ2v) is 4.86. The van der Waals surface area contributed by atoms with Gasteiger partial charge in [0.2, 0.25) is 0 Å². The molecule has 1 aliphatic rings. The van der Waals surface area contributed by atoms with E-state index in [9.17, 15) is 4.79 Å². The van der Waals surface area contributed by atoms with E-state index in [4.69, 9.17) is 18.6 Å². The molecule has 2 atom stereocenters. The molecule has 2 heterocycles. The standard InChI is InChI=1S/C14H21NO5/c1-17-8-10-6-12(19-3)7-15(10)14(16)13-5-4-11(20-13)9-18-2/h4-5,10,12H,6-9H2,1-3H3/t10-,12-/m0/s1. The first-order valence-electron chi connectivity index (χ1n) is 6.60. The van der Waals surface area contributed by atoms with Crippen molar-refractivity contribution >= 4 is 5.91 Å². The van der Waals surface area contributed by atoms with Gasteiger partial charge in [0, 0.05) is 27.9 Å². The van der Waals surface area contributed by atoms with Crippen LogP contribution in [0.5, 0.6) is 0 Å². The van der Waals surface area contributed by atoms with Crippen molar-refractivity contribution in [3.63, 3.8) is 0 Å². The van der Waals surface area contributed by atoms with Gasteiger partial charge < -0.3 is 23.5 Å². The predicted molar refractivity (Wildman–Crippen MR) is 71.5 cm³/mol. The summed E-state index contributed by atoms with van der Waals surface area (Å²) in [4.78, 5) is 14.2. The Hall–Kier alpha value is -1.37. The number of rotatable bonds is 6. The first-order chi connectivity index (χ1) is 9.69. The number of ether oxygens (including phenoxy) is 3. The number of carbonyl (C=O) groups excluding carboxylic acids is 1. The molecule has 0 saturated carbocycles. The Morgan fingerprint density at radius 1 is 1.35 bits per heavy atom. The monoisotopic (exact) mass is 283 g/mol. The van der Waals surface area contributed by atoms with E-state index in [1.165, 1.54) is 0 Å². The van der Waals surface area contributed by atoms with Gasteiger partial charge in [0.15, 0.2) is 5.76 Å². The van der Waals surface area contributed by atoms with Gasteiger partial charge >= 0.3 is 0 Å². The molecule has 20 heavy (non-hydrogen) atoms. The lowest BCUT2D eigenvalue weighted by Crippen LogP contribution is -2.38. The average molecular weight is 283 g/mol. The van der Waals surface area contributed by atoms with Crippen molar-refractivity contribution in [2.45, 2.75) is 25.2 Å². The highest BCUT2D eigenvalue weighted by Crippen LogP contribution is 2.23. The van der Waals surface area contributed by atoms with Crippen molar-refractivity contribution in [2.24, 2.45) is 0 Å². The van der Waals surface area contributed by atoms with E-state index in [1.807, 2.05) is 0 Å². The van der Waals surface area contributed by atoms with E-state index >= 15 is 0 Å². The SMILES string of the molecule is COCc1ccc(C(=O)N2C[C@@H](OC)C[C@H]2COC)o1. The van der Waals surface area contributed by atoms with Gasteiger partial charge in [-0.15, -0.1) is 0 Å². The number of hydrogen-bond donors (Lipinski definition) is 0. The van der Waals surface area contributed by atoms with Crippen LogP contribution in [0.1, 0.15) is 22.7 Å². The molecule has 6 nitrogen and oxygen atoms in total. The van der Waals surface area contributed by atoms with Crippen molar-refractivity contribution in [1.29, 1.82) is 0 Å². The summed E-state index contributed by atoms with van der Waals surface area (Å²) in [6, 6.07) is 3.46. The van der Waals surface area contributed by atoms with E-state index in [1.54, 1.807) is 38.4 Å². The van der Waals surface area contributed by atoms with Crippen molar-refractivity contribution in [3.05, 3.63) is 23.7 Å². The van der Waals surface area contributed by atoms with Crippen LogP contribution >= 0.6 is 0 Å². The van der Waals surface area contributed by atoms with E-state index in [0.29, 0.717) is 31.3 Å². The van der Waals surface area contributed by atoms with Crippen molar-refractivity contribution in [3.8, 4) is 0 Å². The summed E-state index contributed by atoms with van der Waals surface area (Å²) >= 11 is 0. The molecule has 0 unspecified atom stereocenters. The van der Waals surface area contributed by atoms with Crippen molar-refractivity contribution < 1.29 is 23.4 Å². The van der Waals surface area contributed by atoms with E-state index in [0.717, 1.165) is 6.42 Å². The maximum absolute atomic E-state index is 12.5. The highest BCUT2D eigenvalue weighted by Gasteiger charge is 2.36. The summed E-state index contributed by atoms with van der Waals surface area (Å²) in [5.74, 6) is 0.838. The third-order valence-electron chi connectivity index (χ3n) is 3.49. The molecule has 1 aromatic heterocycles. The Morgan fingerprint density at radius 3 is 2.80 bits per heavy atom. The summed E-state index contributed by atoms with van der Waals surface area (Å²) in [5, 5.41) is 0. The minimum absolute atomic E-state index is 0.0217. The van der Waals surface area contributed by atoms with Crippen LogP contribution in [-0.4, -0.2) is 57.4 Å². The molecule has 0 N–H and O–H groups in total. The fourth-order valence-corrected chi connectivity index (χ4v) is 2.50. The van der Waals surface area contributed by atoms with Gasteiger partial charge in [-0.2, -0.15) is 0 Å². The number of likely N-dealkylation sites (tertiary alicyclic amines) is 1. The van der Waals surface area contributed by atoms with Gasteiger partial charge in [0.1, 0.15) is 12.4 Å². The third-order valence-corrected chi connectivity index (χ3v) is 3.49. The van der Waals surface area contributed by atoms with Gasteiger partial charge in [-0.3, -0.25) is 4.79 Å². The highest BCUT2D eigenvalue weighted by atomic mass is 16.5. The Balaban J connectivity index is 2.09. The van der Waals surface area contributed by atoms with Crippen LogP contribution in [0.25, 0.3) is 0 Å². The Bertz CT molecular complexity index is 445. The summed E-state index contributed by atoms with van der Waals surface area (Å²) in [7, 11) is 4.88. The summed E-state index contributed by atoms with van der Waals surface area (Å²) in [6.45, 7) is 1.41. The average Bonchev–Trinajstić information content (AvgIpc) is 3.06. The third kappa shape index (κ3) is 3.20. The van der Waals surface area contributed by atoms with E-state index in [-0.39, 0.29) is 18.1 Å². The van der Waals surface area contributed by atoms with Gasteiger partial charge in [-0.1, -0.05) is 0 Å². The minimum atomic E-state index is -0.131. The molecule has 1 saturated heterocycles. The van der Waals surface area contributed by atoms with E-state index in [2.05, 4.69) is 0 Å². The molecular formula is C14H21NO5. The maximum atomic E-state index is 12.5. The number of hydrogen-bond acceptors (Lipinski definition) is 5. The largest absolute Gasteiger partial charge is 0.453 e. The lowest BCUT2D eigenvalue weighted by molar-refractivity contribution is 0.0576. The molecule has 0 bridgehead atoms. The lowest BCUT2D eigenvalue weighted by Gasteiger charge is -2.22. The maximum Gasteiger partial charge on any atom is 0.289 e. The number of carbonyl (C=O) groups is 1. The van der Waals surface area contributed by atoms with Crippen LogP contribution in [-0.2, 0) is 20.8 Å². The molecule has 1 amide bonds. The van der Waals surface area contributed by atoms with E-state index < -0.39 is 0 Å². The van der Waals surface area contributed by atoms with Gasteiger partial charge in [-0.25, -0.2) is 0 Å². The molecule has 0 spiro atoms. The van der Waals surface area contributed by atoms with Crippen LogP contribution < -0.4 is 0 Å². The summed E-state index contributed by atoms with van der Waals surface area (Å²) in [6.07, 6.45) is 0.828. The smallest absolute Gasteiger partial charge is 0.289 e. The minimum Gasteiger partial charge on any atom is -0.453 e. The number of furan rings is 1. The second-order valence-electron chi connectivity index (χ2n) is 4.86. The molecule has 0 aromatic carbocycles. The van der Waals surface area contributed by atoms with Crippen molar-refractivity contribution in [1.82, 2.24) is 4.90 Å². The second kappa shape index (κ2) is 6.88. The molecule has 112 valence electrons. The van der Waals surface area contributed by atoms with Gasteiger partial charge in [0.05, 0.1) is 18.8 Å². The molecule has 0 radical (unpaired) electrons. The first-order valence-corrected chi connectivity index (χ1v) is 6.60. The van der Waals surface area contributed by atoms with Crippen LogP contribution in [0.4, 0.5) is 0 Å². The molecule has 2 rings (SSSR count). The normalized spacial score (nSPS) is 22.4. The summed E-state index contributed by atoms with van der Waals surface area (Å²) in [5.41, 5.74) is 0. The topological polar surface area (TPSA) is 61.1 Å². The van der Waals surface area contributed by atoms with Crippen LogP contribution in [0.3, 0.4) is 0 Å². The van der Waals surface area contributed by atoms with Crippen molar-refractivity contribution in [2.75, 3.05) is 34.5 Å². The summed E-state index contributed by atoms with van der Waals surface area (Å²) < 4.78 is 21.0. The molecule has 1 fully saturated rings. The Labute approximate surface area is 118 Å². The first kappa shape index (κ1) is 15.0. The van der Waals surface area contributed by atoms with Gasteiger partial charge in [0.25, 0.3) is 5.91 Å². The fourth-order valence-electron chi connectivity index (χ4n) is 2.50. The quantitative estimate of drug-likeness (QED) is 0.787. The molecule has 0 aliphatic carbocycles. The lowest BCUT2D eigenvalue weighted by atomic mass is 10.2. The zero-order valence-electron chi connectivity index (χ0n) is 12.1. The molecule has 1 aromatic rings. The highest BCUT2D eigenvalue weighted by molar-refractivity contribution is 5.92. The van der Waals surface area contributed by atoms with Crippen LogP contribution in [0.2, 0.25) is 0 Å². The van der Waals surface area contributed by atoms with Crippen LogP contribution in [0, 0.1) is 0 Å². The zero-order chi connectivity index (χ0) is 14.5. The molecular weight excluding hydrogens is 262 g/mol. The number of nitrogens with zero attached hydrogens (tertiary/aromatic N) is 1. The molecule has 6 heteroatoms. The number of methoxy groups -OCH3 is 3. The van der Waals surface area contributed by atoms with Crippen LogP contribution in [0.15, 0.2) is 16.5 Å². The fraction of sp³-hybridized carbons (Fsp3) is 0.643. The Morgan fingerprint density at radius 2 is 2.15 bits per heavy atom.